The lowest BCUT2D eigenvalue weighted by Gasteiger charge is -2.30. The monoisotopic (exact) mass is 712 g/mol. The molecule has 0 bridgehead atoms. The van der Waals surface area contributed by atoms with Crippen LogP contribution in [0.4, 0.5) is 9.59 Å². The van der Waals surface area contributed by atoms with Gasteiger partial charge in [0.25, 0.3) is 5.91 Å². The molecule has 2 fully saturated rings. The summed E-state index contributed by atoms with van der Waals surface area (Å²) in [7, 11) is -4.73. The maximum atomic E-state index is 13.5. The summed E-state index contributed by atoms with van der Waals surface area (Å²) in [5.74, 6) is -4.21. The molecule has 274 valence electrons. The minimum atomic E-state index is -4.73. The normalized spacial score (nSPS) is 19.1. The van der Waals surface area contributed by atoms with Crippen molar-refractivity contribution in [3.05, 3.63) is 35.9 Å². The van der Waals surface area contributed by atoms with Crippen LogP contribution < -0.4 is 16.0 Å². The van der Waals surface area contributed by atoms with E-state index in [0.717, 1.165) is 12.0 Å². The minimum absolute atomic E-state index is 0.0157. The van der Waals surface area contributed by atoms with E-state index in [-0.39, 0.29) is 39.1 Å². The molecular weight excluding hydrogens is 663 g/mol. The highest BCUT2D eigenvalue weighted by atomic mass is 31.2. The summed E-state index contributed by atoms with van der Waals surface area (Å²) >= 11 is 0. The molecule has 0 spiro atoms. The van der Waals surface area contributed by atoms with E-state index < -0.39 is 61.7 Å². The second kappa shape index (κ2) is 20.8. The van der Waals surface area contributed by atoms with Gasteiger partial charge in [0.1, 0.15) is 18.4 Å². The third kappa shape index (κ3) is 14.1. The Kier molecular flexibility index (Phi) is 17.0. The maximum absolute atomic E-state index is 13.5. The lowest BCUT2D eigenvalue weighted by Crippen LogP contribution is -2.47. The highest BCUT2D eigenvalue weighted by Crippen LogP contribution is 2.49. The average molecular weight is 713 g/mol. The van der Waals surface area contributed by atoms with Crippen molar-refractivity contribution in [2.75, 3.05) is 39.4 Å². The van der Waals surface area contributed by atoms with Gasteiger partial charge >= 0.3 is 31.7 Å². The van der Waals surface area contributed by atoms with E-state index in [1.54, 1.807) is 0 Å². The molecule has 4 N–H and O–H groups in total. The number of hydrogen-bond acceptors (Lipinski definition) is 12. The fourth-order valence-corrected chi connectivity index (χ4v) is 6.54. The quantitative estimate of drug-likeness (QED) is 0.0568. The van der Waals surface area contributed by atoms with E-state index in [0.29, 0.717) is 51.9 Å². The molecule has 1 aromatic rings. The number of carbonyl (C=O) groups excluding carboxylic acids is 5. The van der Waals surface area contributed by atoms with E-state index in [2.05, 4.69) is 16.0 Å². The van der Waals surface area contributed by atoms with Crippen LogP contribution in [0.15, 0.2) is 30.3 Å². The number of benzene rings is 1. The number of ether oxygens (including phenoxy) is 4. The van der Waals surface area contributed by atoms with Crippen LogP contribution in [0.1, 0.15) is 70.8 Å². The maximum Gasteiger partial charge on any atom is 0.410 e. The molecule has 0 aliphatic carbocycles. The van der Waals surface area contributed by atoms with E-state index >= 15 is 0 Å². The number of carbonyl (C=O) groups is 5. The summed E-state index contributed by atoms with van der Waals surface area (Å²) in [6.45, 7) is 5.14. The van der Waals surface area contributed by atoms with Crippen molar-refractivity contribution in [2.24, 2.45) is 0 Å². The topological polar surface area (TPSA) is 208 Å². The molecule has 16 nitrogen and oxygen atoms in total. The largest absolute Gasteiger partial charge is 0.445 e. The number of unbranched alkanes of at least 4 members (excludes halogenated alkanes) is 2. The van der Waals surface area contributed by atoms with Crippen LogP contribution >= 0.6 is 7.60 Å². The molecule has 0 radical (unpaired) electrons. The molecule has 2 aliphatic rings. The lowest BCUT2D eigenvalue weighted by molar-refractivity contribution is -0.165. The van der Waals surface area contributed by atoms with Gasteiger partial charge < -0.3 is 44.7 Å². The summed E-state index contributed by atoms with van der Waals surface area (Å²) in [5.41, 5.74) is 0.838. The standard InChI is InChI=1S/C32H49N4O12P/c1-3-4-15-27(49(42,43)48-23(2)29(38)47-30(39)25-13-10-17-33-25)35-28(37)26(46-32(41)36-18-20-44-21-19-36)14-8-9-16-34-31(40)45-22-24-11-6-5-7-12-24/h5-7,11-12,23,25-27,33H,3-4,8-10,13-22H2,1-2H3,(H,34,40)(H,35,37)(H,42,43)/t23?,25-,26?,27?/m0/s1. The fraction of sp³-hybridized carbons (Fsp3) is 0.656. The molecule has 3 amide bonds. The van der Waals surface area contributed by atoms with Crippen LogP contribution in [0.5, 0.6) is 0 Å². The van der Waals surface area contributed by atoms with Crippen molar-refractivity contribution >= 4 is 37.6 Å². The van der Waals surface area contributed by atoms with Gasteiger partial charge in [-0.05, 0) is 57.6 Å². The number of hydrogen-bond donors (Lipinski definition) is 4. The Morgan fingerprint density at radius 2 is 1.82 bits per heavy atom. The Morgan fingerprint density at radius 1 is 1.08 bits per heavy atom. The molecule has 2 aliphatic heterocycles. The van der Waals surface area contributed by atoms with Crippen LogP contribution in [0, 0.1) is 0 Å². The number of esters is 2. The fourth-order valence-electron chi connectivity index (χ4n) is 5.06. The van der Waals surface area contributed by atoms with Crippen LogP contribution in [-0.4, -0.2) is 103 Å². The summed E-state index contributed by atoms with van der Waals surface area (Å²) in [5, 5.41) is 8.05. The summed E-state index contributed by atoms with van der Waals surface area (Å²) < 4.78 is 39.6. The van der Waals surface area contributed by atoms with Gasteiger partial charge in [-0.25, -0.2) is 19.2 Å². The predicted octanol–water partition coefficient (Wildman–Crippen LogP) is 2.97. The molecule has 2 saturated heterocycles. The number of nitrogens with zero attached hydrogens (tertiary/aromatic N) is 1. The Balaban J connectivity index is 1.58. The van der Waals surface area contributed by atoms with Crippen LogP contribution in [0.25, 0.3) is 0 Å². The van der Waals surface area contributed by atoms with Crippen molar-refractivity contribution in [3.63, 3.8) is 0 Å². The van der Waals surface area contributed by atoms with E-state index in [1.165, 1.54) is 11.8 Å². The molecular formula is C32H49N4O12P. The molecule has 1 aromatic carbocycles. The summed E-state index contributed by atoms with van der Waals surface area (Å²) in [4.78, 5) is 75.6. The number of rotatable bonds is 18. The lowest BCUT2D eigenvalue weighted by atomic mass is 10.1. The number of amides is 3. The van der Waals surface area contributed by atoms with Crippen LogP contribution in [-0.2, 0) is 49.0 Å². The van der Waals surface area contributed by atoms with E-state index in [4.69, 9.17) is 23.5 Å². The van der Waals surface area contributed by atoms with Gasteiger partial charge in [0.15, 0.2) is 12.2 Å². The first kappa shape index (κ1) is 39.9. The van der Waals surface area contributed by atoms with Gasteiger partial charge in [-0.3, -0.25) is 13.9 Å². The number of nitrogens with one attached hydrogen (secondary N) is 3. The van der Waals surface area contributed by atoms with Gasteiger partial charge in [0.2, 0.25) is 0 Å². The second-order valence-corrected chi connectivity index (χ2v) is 13.8. The molecule has 4 unspecified atom stereocenters. The number of alkyl carbamates (subject to hydrolysis) is 1. The number of morpholine rings is 1. The van der Waals surface area contributed by atoms with Gasteiger partial charge in [0.05, 0.1) is 13.2 Å². The van der Waals surface area contributed by atoms with Crippen molar-refractivity contribution in [1.82, 2.24) is 20.9 Å². The van der Waals surface area contributed by atoms with Crippen molar-refractivity contribution in [1.29, 1.82) is 0 Å². The third-order valence-electron chi connectivity index (χ3n) is 7.90. The molecule has 5 atom stereocenters. The second-order valence-electron chi connectivity index (χ2n) is 11.8. The van der Waals surface area contributed by atoms with E-state index in [9.17, 15) is 33.4 Å². The van der Waals surface area contributed by atoms with Gasteiger partial charge in [-0.1, -0.05) is 50.1 Å². The first-order valence-electron chi connectivity index (χ1n) is 16.8. The zero-order chi connectivity index (χ0) is 35.6. The summed E-state index contributed by atoms with van der Waals surface area (Å²) in [6, 6.07) is 8.55. The zero-order valence-corrected chi connectivity index (χ0v) is 29.0. The Bertz CT molecular complexity index is 1270. The molecule has 3 rings (SSSR count). The van der Waals surface area contributed by atoms with Gasteiger partial charge in [-0.2, -0.15) is 0 Å². The van der Waals surface area contributed by atoms with Crippen molar-refractivity contribution in [2.45, 2.75) is 95.9 Å². The van der Waals surface area contributed by atoms with Crippen molar-refractivity contribution < 1.29 is 56.9 Å². The third-order valence-corrected chi connectivity index (χ3v) is 9.69. The van der Waals surface area contributed by atoms with Crippen LogP contribution in [0.3, 0.4) is 0 Å². The smallest absolute Gasteiger partial charge is 0.410 e. The Morgan fingerprint density at radius 3 is 2.49 bits per heavy atom. The van der Waals surface area contributed by atoms with E-state index in [1.807, 2.05) is 37.3 Å². The SMILES string of the molecule is CCCCC(NC(=O)C(CCCCNC(=O)OCc1ccccc1)OC(=O)N1CCOCC1)P(=O)(O)OC(C)C(=O)OC(=O)[C@@H]1CCCN1. The summed E-state index contributed by atoms with van der Waals surface area (Å²) in [6.07, 6.45) is -1.19. The Labute approximate surface area is 286 Å². The first-order chi connectivity index (χ1) is 23.5. The van der Waals surface area contributed by atoms with Crippen molar-refractivity contribution in [3.8, 4) is 0 Å². The van der Waals surface area contributed by atoms with Gasteiger partial charge in [-0.15, -0.1) is 0 Å². The van der Waals surface area contributed by atoms with Gasteiger partial charge in [0, 0.05) is 19.6 Å². The zero-order valence-electron chi connectivity index (χ0n) is 28.1. The first-order valence-corrected chi connectivity index (χ1v) is 18.4. The van der Waals surface area contributed by atoms with Crippen LogP contribution in [0.2, 0.25) is 0 Å². The highest BCUT2D eigenvalue weighted by Gasteiger charge is 2.40. The highest BCUT2D eigenvalue weighted by molar-refractivity contribution is 7.53. The predicted molar refractivity (Wildman–Crippen MR) is 175 cm³/mol. The molecule has 17 heteroatoms. The molecule has 0 aromatic heterocycles. The Hall–Kier alpha value is -3.56. The molecule has 2 heterocycles. The minimum Gasteiger partial charge on any atom is -0.445 e. The average Bonchev–Trinajstić information content (AvgIpc) is 3.64. The molecule has 0 saturated carbocycles. The molecule has 49 heavy (non-hydrogen) atoms.